The molecular formula is C15H20N4OS. The van der Waals surface area contributed by atoms with Crippen molar-refractivity contribution in [3.63, 3.8) is 0 Å². The Bertz CT molecular complexity index is 691. The minimum atomic E-state index is 0.100. The third-order valence-corrected chi connectivity index (χ3v) is 5.11. The van der Waals surface area contributed by atoms with Gasteiger partial charge in [-0.25, -0.2) is 9.97 Å². The minimum absolute atomic E-state index is 0.100. The molecule has 1 aliphatic rings. The predicted octanol–water partition coefficient (Wildman–Crippen LogP) is 2.24. The summed E-state index contributed by atoms with van der Waals surface area (Å²) in [5.41, 5.74) is 6.86. The summed E-state index contributed by atoms with van der Waals surface area (Å²) >= 11 is 1.39. The van der Waals surface area contributed by atoms with Crippen LogP contribution in [0.25, 0.3) is 0 Å². The molecule has 21 heavy (non-hydrogen) atoms. The van der Waals surface area contributed by atoms with E-state index in [1.165, 1.54) is 41.2 Å². The van der Waals surface area contributed by atoms with E-state index in [1.807, 2.05) is 4.57 Å². The van der Waals surface area contributed by atoms with Crippen LogP contribution in [0.2, 0.25) is 0 Å². The Balaban J connectivity index is 1.86. The van der Waals surface area contributed by atoms with Crippen molar-refractivity contribution >= 4 is 17.2 Å². The molecule has 0 aliphatic heterocycles. The molecular weight excluding hydrogens is 284 g/mol. The molecule has 0 bridgehead atoms. The Morgan fingerprint density at radius 1 is 1.52 bits per heavy atom. The highest BCUT2D eigenvalue weighted by Crippen LogP contribution is 2.30. The molecule has 0 spiro atoms. The molecule has 0 fully saturated rings. The van der Waals surface area contributed by atoms with Crippen molar-refractivity contribution in [3.05, 3.63) is 38.3 Å². The van der Waals surface area contributed by atoms with Crippen molar-refractivity contribution in [2.75, 3.05) is 5.73 Å². The first-order valence-corrected chi connectivity index (χ1v) is 8.27. The summed E-state index contributed by atoms with van der Waals surface area (Å²) in [5.74, 6) is 1.78. The van der Waals surface area contributed by atoms with E-state index < -0.39 is 0 Å². The molecule has 1 atom stereocenters. The number of nitrogen functional groups attached to an aromatic ring is 1. The molecule has 2 N–H and O–H groups in total. The summed E-state index contributed by atoms with van der Waals surface area (Å²) in [5, 5.41) is 0. The largest absolute Gasteiger partial charge is 0.384 e. The van der Waals surface area contributed by atoms with Crippen LogP contribution in [0.15, 0.2) is 17.1 Å². The van der Waals surface area contributed by atoms with Gasteiger partial charge in [-0.2, -0.15) is 0 Å². The van der Waals surface area contributed by atoms with E-state index in [0.29, 0.717) is 18.2 Å². The van der Waals surface area contributed by atoms with Crippen LogP contribution in [-0.2, 0) is 19.4 Å². The molecule has 0 amide bonds. The molecule has 0 saturated carbocycles. The molecule has 2 aromatic rings. The van der Waals surface area contributed by atoms with E-state index in [1.54, 1.807) is 12.3 Å². The Labute approximate surface area is 127 Å². The first kappa shape index (κ1) is 14.3. The maximum Gasteiger partial charge on any atom is 0.307 e. The average Bonchev–Trinajstić information content (AvgIpc) is 2.75. The lowest BCUT2D eigenvalue weighted by atomic mass is 9.88. The number of fused-ring (bicyclic) bond motifs is 1. The third kappa shape index (κ3) is 3.00. The summed E-state index contributed by atoms with van der Waals surface area (Å²) in [7, 11) is 0. The van der Waals surface area contributed by atoms with Crippen LogP contribution in [0.5, 0.6) is 0 Å². The standard InChI is InChI=1S/C15H20N4OS/c1-2-3-10-4-5-11-12(8-10)21-15(20)19(11)9-14-17-7-6-13(16)18-14/h6-7,10H,2-5,8-9H2,1H3,(H2,16,17,18)/t10-/m1/s1. The van der Waals surface area contributed by atoms with Crippen molar-refractivity contribution in [2.24, 2.45) is 5.92 Å². The second kappa shape index (κ2) is 5.97. The number of nitrogens with zero attached hydrogens (tertiary/aromatic N) is 3. The molecule has 1 aliphatic carbocycles. The number of aromatic nitrogens is 3. The van der Waals surface area contributed by atoms with Gasteiger partial charge in [0.15, 0.2) is 0 Å². The molecule has 6 heteroatoms. The van der Waals surface area contributed by atoms with Gasteiger partial charge in [-0.15, -0.1) is 0 Å². The SMILES string of the molecule is CCC[C@@H]1CCc2c(sc(=O)n2Cc2nccc(N)n2)C1. The van der Waals surface area contributed by atoms with Crippen molar-refractivity contribution in [2.45, 2.75) is 45.6 Å². The molecule has 0 radical (unpaired) electrons. The quantitative estimate of drug-likeness (QED) is 0.940. The van der Waals surface area contributed by atoms with Crippen molar-refractivity contribution < 1.29 is 0 Å². The van der Waals surface area contributed by atoms with Gasteiger partial charge in [0.05, 0.1) is 6.54 Å². The summed E-state index contributed by atoms with van der Waals surface area (Å²) in [6.45, 7) is 2.65. The fourth-order valence-corrected chi connectivity index (χ4v) is 4.21. The van der Waals surface area contributed by atoms with Gasteiger partial charge in [-0.3, -0.25) is 9.36 Å². The van der Waals surface area contributed by atoms with Crippen molar-refractivity contribution in [1.82, 2.24) is 14.5 Å². The smallest absolute Gasteiger partial charge is 0.307 e. The van der Waals surface area contributed by atoms with Crippen molar-refractivity contribution in [1.29, 1.82) is 0 Å². The molecule has 5 nitrogen and oxygen atoms in total. The van der Waals surface area contributed by atoms with Gasteiger partial charge in [0.2, 0.25) is 0 Å². The summed E-state index contributed by atoms with van der Waals surface area (Å²) < 4.78 is 1.83. The highest BCUT2D eigenvalue weighted by molar-refractivity contribution is 7.09. The Kier molecular flexibility index (Phi) is 4.05. The number of thiazole rings is 1. The van der Waals surface area contributed by atoms with Gasteiger partial charge in [0.1, 0.15) is 11.6 Å². The summed E-state index contributed by atoms with van der Waals surface area (Å²) in [4.78, 5) is 22.0. The Morgan fingerprint density at radius 3 is 3.14 bits per heavy atom. The van der Waals surface area contributed by atoms with E-state index >= 15 is 0 Å². The number of anilines is 1. The van der Waals surface area contributed by atoms with Crippen LogP contribution in [0.4, 0.5) is 5.82 Å². The lowest BCUT2D eigenvalue weighted by molar-refractivity contribution is 0.416. The highest BCUT2D eigenvalue weighted by atomic mass is 32.1. The Morgan fingerprint density at radius 2 is 2.38 bits per heavy atom. The monoisotopic (exact) mass is 304 g/mol. The number of hydrogen-bond donors (Lipinski definition) is 1. The summed E-state index contributed by atoms with van der Waals surface area (Å²) in [6.07, 6.45) is 7.32. The lowest BCUT2D eigenvalue weighted by Crippen LogP contribution is -2.21. The predicted molar refractivity (Wildman–Crippen MR) is 84.5 cm³/mol. The number of nitrogens with two attached hydrogens (primary N) is 1. The van der Waals surface area contributed by atoms with E-state index in [0.717, 1.165) is 18.8 Å². The van der Waals surface area contributed by atoms with Gasteiger partial charge >= 0.3 is 4.87 Å². The third-order valence-electron chi connectivity index (χ3n) is 4.07. The van der Waals surface area contributed by atoms with Crippen LogP contribution in [-0.4, -0.2) is 14.5 Å². The minimum Gasteiger partial charge on any atom is -0.384 e. The molecule has 2 heterocycles. The first-order chi connectivity index (χ1) is 10.2. The second-order valence-electron chi connectivity index (χ2n) is 5.62. The normalized spacial score (nSPS) is 17.7. The van der Waals surface area contributed by atoms with E-state index in [-0.39, 0.29) is 4.87 Å². The molecule has 2 aromatic heterocycles. The van der Waals surface area contributed by atoms with E-state index in [4.69, 9.17) is 5.73 Å². The fraction of sp³-hybridized carbons (Fsp3) is 0.533. The zero-order chi connectivity index (χ0) is 14.8. The van der Waals surface area contributed by atoms with Gasteiger partial charge in [-0.1, -0.05) is 31.1 Å². The van der Waals surface area contributed by atoms with Gasteiger partial charge < -0.3 is 5.73 Å². The zero-order valence-corrected chi connectivity index (χ0v) is 13.0. The number of rotatable bonds is 4. The van der Waals surface area contributed by atoms with Crippen LogP contribution >= 0.6 is 11.3 Å². The number of hydrogen-bond acceptors (Lipinski definition) is 5. The maximum absolute atomic E-state index is 12.3. The molecule has 112 valence electrons. The topological polar surface area (TPSA) is 73.8 Å². The maximum atomic E-state index is 12.3. The van der Waals surface area contributed by atoms with Crippen LogP contribution in [0.1, 0.15) is 42.6 Å². The van der Waals surface area contributed by atoms with Gasteiger partial charge in [-0.05, 0) is 31.2 Å². The molecule has 3 rings (SSSR count). The van der Waals surface area contributed by atoms with Gasteiger partial charge in [0.25, 0.3) is 0 Å². The Hall–Kier alpha value is -1.69. The van der Waals surface area contributed by atoms with Crippen LogP contribution < -0.4 is 10.6 Å². The van der Waals surface area contributed by atoms with Crippen molar-refractivity contribution in [3.8, 4) is 0 Å². The first-order valence-electron chi connectivity index (χ1n) is 7.46. The van der Waals surface area contributed by atoms with E-state index in [2.05, 4.69) is 16.9 Å². The van der Waals surface area contributed by atoms with Crippen LogP contribution in [0, 0.1) is 5.92 Å². The van der Waals surface area contributed by atoms with Gasteiger partial charge in [0, 0.05) is 16.8 Å². The molecule has 0 aromatic carbocycles. The second-order valence-corrected chi connectivity index (χ2v) is 6.67. The highest BCUT2D eigenvalue weighted by Gasteiger charge is 2.24. The van der Waals surface area contributed by atoms with E-state index in [9.17, 15) is 4.79 Å². The lowest BCUT2D eigenvalue weighted by Gasteiger charge is -2.22. The summed E-state index contributed by atoms with van der Waals surface area (Å²) in [6, 6.07) is 1.66. The zero-order valence-electron chi connectivity index (χ0n) is 12.2. The molecule has 0 unspecified atom stereocenters. The average molecular weight is 304 g/mol. The van der Waals surface area contributed by atoms with Crippen LogP contribution in [0.3, 0.4) is 0 Å². The molecule has 0 saturated heterocycles. The fourth-order valence-electron chi connectivity index (χ4n) is 3.07.